The molecule has 0 saturated carbocycles. The maximum absolute atomic E-state index is 10.1. The Bertz CT molecular complexity index is 121. The zero-order valence-electron chi connectivity index (χ0n) is 6.73. The van der Waals surface area contributed by atoms with Gasteiger partial charge in [0.25, 0.3) is 0 Å². The summed E-state index contributed by atoms with van der Waals surface area (Å²) < 4.78 is 0. The zero-order valence-corrected chi connectivity index (χ0v) is 9.57. The molecule has 11 heavy (non-hydrogen) atoms. The predicted molar refractivity (Wildman–Crippen MR) is 40.2 cm³/mol. The van der Waals surface area contributed by atoms with Crippen LogP contribution in [0.15, 0.2) is 0 Å². The third kappa shape index (κ3) is 3.77. The van der Waals surface area contributed by atoms with Gasteiger partial charge in [0.05, 0.1) is 0 Å². The van der Waals surface area contributed by atoms with Crippen molar-refractivity contribution in [2.45, 2.75) is 19.3 Å². The summed E-state index contributed by atoms with van der Waals surface area (Å²) in [6.45, 7) is 5.92. The summed E-state index contributed by atoms with van der Waals surface area (Å²) in [7, 11) is 0. The molecule has 61 valence electrons. The summed E-state index contributed by atoms with van der Waals surface area (Å²) in [6, 6.07) is 0. The van der Waals surface area contributed by atoms with Crippen LogP contribution in [0.5, 0.6) is 0 Å². The van der Waals surface area contributed by atoms with Gasteiger partial charge in [-0.2, -0.15) is 11.8 Å². The standard InChI is InChI=1S/C8H13NO.Y/c1-8(4-6-10)3-2-5-9-7-8;/h9H,1-5,7H2;/q-2;. The van der Waals surface area contributed by atoms with Crippen LogP contribution in [-0.2, 0) is 37.5 Å². The molecule has 0 spiro atoms. The van der Waals surface area contributed by atoms with Crippen LogP contribution in [-0.4, -0.2) is 19.4 Å². The minimum absolute atomic E-state index is 0. The zero-order chi connectivity index (χ0) is 7.45. The van der Waals surface area contributed by atoms with Crippen molar-refractivity contribution in [1.29, 1.82) is 0 Å². The average Bonchev–Trinajstić information content (AvgIpc) is 1.89. The fourth-order valence-electron chi connectivity index (χ4n) is 1.33. The molecule has 0 aliphatic carbocycles. The van der Waals surface area contributed by atoms with Crippen LogP contribution in [0.3, 0.4) is 0 Å². The first-order valence-corrected chi connectivity index (χ1v) is 3.68. The molecule has 1 aliphatic heterocycles. The number of rotatable bonds is 2. The van der Waals surface area contributed by atoms with Gasteiger partial charge in [-0.3, -0.25) is 6.29 Å². The van der Waals surface area contributed by atoms with Crippen LogP contribution in [0.4, 0.5) is 0 Å². The summed E-state index contributed by atoms with van der Waals surface area (Å²) in [5.74, 6) is 0. The van der Waals surface area contributed by atoms with Crippen LogP contribution in [0.1, 0.15) is 19.3 Å². The van der Waals surface area contributed by atoms with Gasteiger partial charge in [0.15, 0.2) is 0 Å². The maximum atomic E-state index is 10.1. The fourth-order valence-corrected chi connectivity index (χ4v) is 1.33. The van der Waals surface area contributed by atoms with Crippen LogP contribution in [0, 0.1) is 12.3 Å². The molecule has 0 aromatic carbocycles. The molecule has 1 radical (unpaired) electrons. The van der Waals surface area contributed by atoms with Gasteiger partial charge in [-0.1, -0.05) is 6.42 Å². The SMILES string of the molecule is [CH2-]C1(C[C-]=O)CCCNC1.[Y]. The molecule has 3 heteroatoms. The van der Waals surface area contributed by atoms with Gasteiger partial charge >= 0.3 is 0 Å². The molecule has 1 atom stereocenters. The number of carbonyl (C=O) groups excluding carboxylic acids is 1. The summed E-state index contributed by atoms with van der Waals surface area (Å²) in [5.41, 5.74) is -0.0556. The largest absolute Gasteiger partial charge is 0.542 e. The number of hydrogen-bond donors (Lipinski definition) is 1. The second kappa shape index (κ2) is 5.39. The minimum atomic E-state index is -0.0556. The van der Waals surface area contributed by atoms with Crippen molar-refractivity contribution in [3.05, 3.63) is 6.92 Å². The molecule has 0 amide bonds. The van der Waals surface area contributed by atoms with Gasteiger partial charge < -0.3 is 17.0 Å². The van der Waals surface area contributed by atoms with Crippen molar-refractivity contribution in [3.63, 3.8) is 0 Å². The summed E-state index contributed by atoms with van der Waals surface area (Å²) in [6.07, 6.45) is 4.58. The molecule has 1 rings (SSSR count). The second-order valence-corrected chi connectivity index (χ2v) is 3.10. The molecular formula is C8H13NOY-2. The Morgan fingerprint density at radius 2 is 2.36 bits per heavy atom. The third-order valence-electron chi connectivity index (χ3n) is 2.01. The first-order chi connectivity index (χ1) is 4.77. The Kier molecular flexibility index (Phi) is 5.75. The maximum Gasteiger partial charge on any atom is 0 e. The smallest absolute Gasteiger partial charge is 0 e. The van der Waals surface area contributed by atoms with E-state index in [1.54, 1.807) is 0 Å². The number of nitrogens with one attached hydrogen (secondary N) is 1. The van der Waals surface area contributed by atoms with E-state index in [-0.39, 0.29) is 38.1 Å². The normalized spacial score (nSPS) is 30.6. The topological polar surface area (TPSA) is 29.1 Å². The van der Waals surface area contributed by atoms with Gasteiger partial charge in [-0.05, 0) is 19.5 Å². The number of hydrogen-bond acceptors (Lipinski definition) is 2. The van der Waals surface area contributed by atoms with Gasteiger partial charge in [-0.25, -0.2) is 0 Å². The van der Waals surface area contributed by atoms with Gasteiger partial charge in [-0.15, -0.1) is 0 Å². The minimum Gasteiger partial charge on any atom is -0.542 e. The van der Waals surface area contributed by atoms with E-state index >= 15 is 0 Å². The van der Waals surface area contributed by atoms with E-state index in [1.807, 2.05) is 6.29 Å². The first-order valence-electron chi connectivity index (χ1n) is 3.68. The van der Waals surface area contributed by atoms with E-state index in [0.29, 0.717) is 6.42 Å². The molecule has 1 aliphatic rings. The Morgan fingerprint density at radius 3 is 2.82 bits per heavy atom. The quantitative estimate of drug-likeness (QED) is 0.704. The Balaban J connectivity index is 0.000001000. The first kappa shape index (κ1) is 11.7. The van der Waals surface area contributed by atoms with Gasteiger partial charge in [0, 0.05) is 32.7 Å². The molecule has 1 heterocycles. The van der Waals surface area contributed by atoms with Gasteiger partial charge in [0.2, 0.25) is 0 Å². The van der Waals surface area contributed by atoms with Crippen LogP contribution in [0.2, 0.25) is 0 Å². The van der Waals surface area contributed by atoms with E-state index in [0.717, 1.165) is 25.9 Å². The van der Waals surface area contributed by atoms with E-state index in [1.165, 1.54) is 0 Å². The van der Waals surface area contributed by atoms with E-state index in [9.17, 15) is 4.79 Å². The summed E-state index contributed by atoms with van der Waals surface area (Å²) in [5, 5.41) is 3.22. The van der Waals surface area contributed by atoms with Gasteiger partial charge in [0.1, 0.15) is 0 Å². The van der Waals surface area contributed by atoms with Crippen molar-refractivity contribution >= 4 is 6.29 Å². The Labute approximate surface area is 93.4 Å². The monoisotopic (exact) mass is 228 g/mol. The predicted octanol–water partition coefficient (Wildman–Crippen LogP) is 0.688. The molecule has 1 unspecified atom stereocenters. The summed E-state index contributed by atoms with van der Waals surface area (Å²) in [4.78, 5) is 10.1. The molecule has 2 nitrogen and oxygen atoms in total. The van der Waals surface area contributed by atoms with E-state index in [4.69, 9.17) is 0 Å². The van der Waals surface area contributed by atoms with Crippen LogP contribution >= 0.6 is 0 Å². The van der Waals surface area contributed by atoms with E-state index in [2.05, 4.69) is 12.2 Å². The fraction of sp³-hybridized carbons (Fsp3) is 0.750. The average molecular weight is 228 g/mol. The van der Waals surface area contributed by atoms with Crippen molar-refractivity contribution in [2.75, 3.05) is 13.1 Å². The molecule has 0 aromatic rings. The molecule has 1 fully saturated rings. The van der Waals surface area contributed by atoms with E-state index < -0.39 is 0 Å². The third-order valence-corrected chi connectivity index (χ3v) is 2.01. The molecule has 0 aromatic heterocycles. The van der Waals surface area contributed by atoms with Crippen LogP contribution < -0.4 is 5.32 Å². The van der Waals surface area contributed by atoms with Crippen molar-refractivity contribution < 1.29 is 37.5 Å². The molecule has 1 saturated heterocycles. The molecular weight excluding hydrogens is 215 g/mol. The number of piperidine rings is 1. The second-order valence-electron chi connectivity index (χ2n) is 3.10. The Morgan fingerprint density at radius 1 is 1.64 bits per heavy atom. The van der Waals surface area contributed by atoms with Crippen LogP contribution in [0.25, 0.3) is 0 Å². The van der Waals surface area contributed by atoms with Crippen molar-refractivity contribution in [1.82, 2.24) is 5.32 Å². The summed E-state index contributed by atoms with van der Waals surface area (Å²) >= 11 is 0. The van der Waals surface area contributed by atoms with Crippen molar-refractivity contribution in [2.24, 2.45) is 5.41 Å². The molecule has 0 bridgehead atoms. The molecule has 1 N–H and O–H groups in total. The van der Waals surface area contributed by atoms with Crippen molar-refractivity contribution in [3.8, 4) is 0 Å². The Hall–Kier alpha value is 0.734.